The van der Waals surface area contributed by atoms with Crippen molar-refractivity contribution in [2.24, 2.45) is 10.8 Å². The topological polar surface area (TPSA) is 60.1 Å². The number of ether oxygens (including phenoxy) is 2. The van der Waals surface area contributed by atoms with Crippen molar-refractivity contribution in [3.63, 3.8) is 0 Å². The van der Waals surface area contributed by atoms with Gasteiger partial charge in [-0.2, -0.15) is 5.10 Å². The molecule has 0 aliphatic carbocycles. The average molecular weight is 325 g/mol. The van der Waals surface area contributed by atoms with E-state index >= 15 is 0 Å². The second kappa shape index (κ2) is 7.36. The van der Waals surface area contributed by atoms with Crippen LogP contribution in [0.4, 0.5) is 0 Å². The summed E-state index contributed by atoms with van der Waals surface area (Å²) in [4.78, 5) is 0. The second-order valence-corrected chi connectivity index (χ2v) is 5.79. The fourth-order valence-corrected chi connectivity index (χ4v) is 3.01. The Labute approximate surface area is 142 Å². The molecule has 1 unspecified atom stereocenters. The van der Waals surface area contributed by atoms with Gasteiger partial charge in [-0.15, -0.1) is 0 Å². The van der Waals surface area contributed by atoms with Crippen LogP contribution >= 0.6 is 0 Å². The molecule has 2 aromatic carbocycles. The van der Waals surface area contributed by atoms with Gasteiger partial charge in [-0.25, -0.2) is 0 Å². The van der Waals surface area contributed by atoms with E-state index in [0.29, 0.717) is 6.54 Å². The highest BCUT2D eigenvalue weighted by Crippen LogP contribution is 2.36. The lowest BCUT2D eigenvalue weighted by Gasteiger charge is -2.24. The number of nitrogens with two attached hydrogens (primary N) is 1. The molecule has 0 radical (unpaired) electrons. The lowest BCUT2D eigenvalue weighted by molar-refractivity contribution is 0.223. The van der Waals surface area contributed by atoms with Crippen molar-refractivity contribution in [3.8, 4) is 11.5 Å². The Bertz CT molecular complexity index is 716. The Morgan fingerprint density at radius 3 is 2.50 bits per heavy atom. The average Bonchev–Trinajstić information content (AvgIpc) is 3.05. The molecule has 0 amide bonds. The highest BCUT2D eigenvalue weighted by atomic mass is 16.5. The van der Waals surface area contributed by atoms with Crippen LogP contribution in [0.2, 0.25) is 0 Å². The minimum Gasteiger partial charge on any atom is -0.493 e. The van der Waals surface area contributed by atoms with Gasteiger partial charge in [0, 0.05) is 13.0 Å². The molecule has 0 fully saturated rings. The van der Waals surface area contributed by atoms with Crippen molar-refractivity contribution in [3.05, 3.63) is 59.7 Å². The Hall–Kier alpha value is -2.53. The Morgan fingerprint density at radius 2 is 1.83 bits per heavy atom. The van der Waals surface area contributed by atoms with Crippen molar-refractivity contribution in [2.75, 3.05) is 20.8 Å². The summed E-state index contributed by atoms with van der Waals surface area (Å²) in [5.74, 6) is 1.46. The van der Waals surface area contributed by atoms with Gasteiger partial charge in [-0.1, -0.05) is 36.4 Å². The lowest BCUT2D eigenvalue weighted by atomic mass is 10.0. The first kappa shape index (κ1) is 16.3. The molecule has 0 saturated carbocycles. The van der Waals surface area contributed by atoms with Crippen molar-refractivity contribution in [2.45, 2.75) is 19.0 Å². The van der Waals surface area contributed by atoms with E-state index in [2.05, 4.69) is 23.2 Å². The predicted molar refractivity (Wildman–Crippen MR) is 95.4 cm³/mol. The standard InChI is InChI=1S/C19H23N3O2/c1-23-18-9-8-15(10-19(18)24-2)17-11-16(12-20)21-22(17)13-14-6-4-3-5-7-14/h3-10,17H,11-13,20H2,1-2H3. The molecular weight excluding hydrogens is 302 g/mol. The van der Waals surface area contributed by atoms with Crippen molar-refractivity contribution in [1.82, 2.24) is 5.01 Å². The van der Waals surface area contributed by atoms with Crippen molar-refractivity contribution >= 4 is 5.71 Å². The summed E-state index contributed by atoms with van der Waals surface area (Å²) in [6.45, 7) is 1.23. The van der Waals surface area contributed by atoms with Crippen LogP contribution in [0.5, 0.6) is 11.5 Å². The Morgan fingerprint density at radius 1 is 1.08 bits per heavy atom. The van der Waals surface area contributed by atoms with Crippen LogP contribution in [0, 0.1) is 0 Å². The summed E-state index contributed by atoms with van der Waals surface area (Å²) in [6.07, 6.45) is 0.832. The van der Waals surface area contributed by atoms with Gasteiger partial charge in [-0.05, 0) is 23.3 Å². The molecular formula is C19H23N3O2. The van der Waals surface area contributed by atoms with Gasteiger partial charge >= 0.3 is 0 Å². The molecule has 126 valence electrons. The van der Waals surface area contributed by atoms with Crippen molar-refractivity contribution < 1.29 is 9.47 Å². The van der Waals surface area contributed by atoms with E-state index in [1.807, 2.05) is 30.3 Å². The van der Waals surface area contributed by atoms with Crippen LogP contribution in [0.25, 0.3) is 0 Å². The fraction of sp³-hybridized carbons (Fsp3) is 0.316. The molecule has 24 heavy (non-hydrogen) atoms. The summed E-state index contributed by atoms with van der Waals surface area (Å²) >= 11 is 0. The quantitative estimate of drug-likeness (QED) is 0.887. The molecule has 1 aliphatic heterocycles. The van der Waals surface area contributed by atoms with Crippen LogP contribution in [0.1, 0.15) is 23.6 Å². The summed E-state index contributed by atoms with van der Waals surface area (Å²) in [7, 11) is 3.30. The molecule has 2 aromatic rings. The molecule has 2 N–H and O–H groups in total. The van der Waals surface area contributed by atoms with Crippen LogP contribution in [0.3, 0.4) is 0 Å². The number of hydrazone groups is 1. The first-order valence-electron chi connectivity index (χ1n) is 8.04. The van der Waals surface area contributed by atoms with Gasteiger partial charge in [0.1, 0.15) is 0 Å². The Balaban J connectivity index is 1.88. The number of hydrogen-bond donors (Lipinski definition) is 1. The molecule has 3 rings (SSSR count). The van der Waals surface area contributed by atoms with Gasteiger partial charge < -0.3 is 15.2 Å². The molecule has 0 aromatic heterocycles. The van der Waals surface area contributed by atoms with E-state index in [-0.39, 0.29) is 6.04 Å². The molecule has 0 saturated heterocycles. The Kier molecular flexibility index (Phi) is 5.01. The third kappa shape index (κ3) is 3.36. The number of methoxy groups -OCH3 is 2. The number of hydrogen-bond acceptors (Lipinski definition) is 5. The summed E-state index contributed by atoms with van der Waals surface area (Å²) in [5, 5.41) is 6.82. The van der Waals surface area contributed by atoms with E-state index in [1.54, 1.807) is 14.2 Å². The SMILES string of the molecule is COc1ccc(C2CC(CN)=NN2Cc2ccccc2)cc1OC. The van der Waals surface area contributed by atoms with E-state index < -0.39 is 0 Å². The minimum atomic E-state index is 0.156. The van der Waals surface area contributed by atoms with Crippen LogP contribution in [0.15, 0.2) is 53.6 Å². The maximum atomic E-state index is 5.83. The van der Waals surface area contributed by atoms with Gasteiger partial charge in [-0.3, -0.25) is 5.01 Å². The third-order valence-corrected chi connectivity index (χ3v) is 4.27. The zero-order valence-electron chi connectivity index (χ0n) is 14.1. The molecule has 0 bridgehead atoms. The highest BCUT2D eigenvalue weighted by Gasteiger charge is 2.28. The maximum absolute atomic E-state index is 5.83. The molecule has 5 nitrogen and oxygen atoms in total. The summed E-state index contributed by atoms with van der Waals surface area (Å²) < 4.78 is 10.8. The smallest absolute Gasteiger partial charge is 0.161 e. The largest absolute Gasteiger partial charge is 0.493 e. The second-order valence-electron chi connectivity index (χ2n) is 5.79. The number of benzene rings is 2. The molecule has 0 spiro atoms. The highest BCUT2D eigenvalue weighted by molar-refractivity contribution is 5.88. The molecule has 1 heterocycles. The van der Waals surface area contributed by atoms with E-state index in [1.165, 1.54) is 5.56 Å². The number of rotatable bonds is 6. The zero-order valence-corrected chi connectivity index (χ0v) is 14.1. The third-order valence-electron chi connectivity index (χ3n) is 4.27. The van der Waals surface area contributed by atoms with Gasteiger partial charge in [0.05, 0.1) is 32.5 Å². The van der Waals surface area contributed by atoms with Crippen molar-refractivity contribution in [1.29, 1.82) is 0 Å². The lowest BCUT2D eigenvalue weighted by Crippen LogP contribution is -2.19. The zero-order chi connectivity index (χ0) is 16.9. The van der Waals surface area contributed by atoms with Gasteiger partial charge in [0.25, 0.3) is 0 Å². The van der Waals surface area contributed by atoms with Crippen LogP contribution < -0.4 is 15.2 Å². The monoisotopic (exact) mass is 325 g/mol. The fourth-order valence-electron chi connectivity index (χ4n) is 3.01. The van der Waals surface area contributed by atoms with Gasteiger partial charge in [0.2, 0.25) is 0 Å². The van der Waals surface area contributed by atoms with Crippen LogP contribution in [-0.2, 0) is 6.54 Å². The number of nitrogens with zero attached hydrogens (tertiary/aromatic N) is 2. The minimum absolute atomic E-state index is 0.156. The van der Waals surface area contributed by atoms with Gasteiger partial charge in [0.15, 0.2) is 11.5 Å². The van der Waals surface area contributed by atoms with Crippen LogP contribution in [-0.4, -0.2) is 31.5 Å². The summed E-state index contributed by atoms with van der Waals surface area (Å²) in [6, 6.07) is 16.5. The molecule has 5 heteroatoms. The summed E-state index contributed by atoms with van der Waals surface area (Å²) in [5.41, 5.74) is 9.22. The first-order valence-corrected chi connectivity index (χ1v) is 8.04. The van der Waals surface area contributed by atoms with E-state index in [4.69, 9.17) is 20.3 Å². The van der Waals surface area contributed by atoms with E-state index in [9.17, 15) is 0 Å². The molecule has 1 aliphatic rings. The first-order chi connectivity index (χ1) is 11.7. The molecule has 1 atom stereocenters. The normalized spacial score (nSPS) is 16.9. The maximum Gasteiger partial charge on any atom is 0.161 e. The predicted octanol–water partition coefficient (Wildman–Crippen LogP) is 2.97. The van der Waals surface area contributed by atoms with E-state index in [0.717, 1.165) is 35.7 Å².